The van der Waals surface area contributed by atoms with Crippen molar-refractivity contribution in [3.63, 3.8) is 0 Å². The maximum Gasteiger partial charge on any atom is 0.323 e. The van der Waals surface area contributed by atoms with E-state index in [0.29, 0.717) is 24.8 Å². The van der Waals surface area contributed by atoms with Gasteiger partial charge in [0.15, 0.2) is 0 Å². The standard InChI is InChI=1S/C14H17N5O3/c1-9-15-5-4-12(17-9)22-10-3-2-6-19(8-10)13(20)11-7-16-14(21)18-11/h4-5,7,10H,2-3,6,8H2,1H3,(H2,16,18,21). The van der Waals surface area contributed by atoms with Crippen molar-refractivity contribution < 1.29 is 9.53 Å². The highest BCUT2D eigenvalue weighted by Crippen LogP contribution is 2.17. The van der Waals surface area contributed by atoms with Crippen LogP contribution in [0, 0.1) is 6.92 Å². The maximum absolute atomic E-state index is 12.3. The lowest BCUT2D eigenvalue weighted by atomic mass is 10.1. The molecule has 0 saturated carbocycles. The molecule has 1 amide bonds. The number of hydrogen-bond donors (Lipinski definition) is 2. The van der Waals surface area contributed by atoms with E-state index in [0.717, 1.165) is 12.8 Å². The molecule has 1 saturated heterocycles. The molecule has 0 spiro atoms. The van der Waals surface area contributed by atoms with Crippen molar-refractivity contribution in [2.24, 2.45) is 0 Å². The second-order valence-corrected chi connectivity index (χ2v) is 5.23. The summed E-state index contributed by atoms with van der Waals surface area (Å²) in [7, 11) is 0. The van der Waals surface area contributed by atoms with Crippen LogP contribution in [0.5, 0.6) is 5.88 Å². The third kappa shape index (κ3) is 3.16. The first-order valence-electron chi connectivity index (χ1n) is 7.15. The fraction of sp³-hybridized carbons (Fsp3) is 0.429. The van der Waals surface area contributed by atoms with E-state index >= 15 is 0 Å². The number of piperidine rings is 1. The number of nitrogens with one attached hydrogen (secondary N) is 2. The quantitative estimate of drug-likeness (QED) is 0.858. The molecule has 0 bridgehead atoms. The minimum Gasteiger partial charge on any atom is -0.472 e. The highest BCUT2D eigenvalue weighted by atomic mass is 16.5. The molecule has 2 aromatic heterocycles. The average molecular weight is 303 g/mol. The summed E-state index contributed by atoms with van der Waals surface area (Å²) in [5.74, 6) is 0.957. The Kier molecular flexibility index (Phi) is 3.90. The number of hydrogen-bond acceptors (Lipinski definition) is 5. The minimum absolute atomic E-state index is 0.113. The molecule has 0 aliphatic carbocycles. The van der Waals surface area contributed by atoms with Crippen LogP contribution in [0.4, 0.5) is 0 Å². The van der Waals surface area contributed by atoms with Crippen LogP contribution >= 0.6 is 0 Å². The molecule has 22 heavy (non-hydrogen) atoms. The topological polar surface area (TPSA) is 104 Å². The molecule has 8 nitrogen and oxygen atoms in total. The Bertz CT molecular complexity index is 723. The Morgan fingerprint density at radius 3 is 3.09 bits per heavy atom. The molecule has 0 radical (unpaired) electrons. The Hall–Kier alpha value is -2.64. The first kappa shape index (κ1) is 14.3. The summed E-state index contributed by atoms with van der Waals surface area (Å²) < 4.78 is 5.83. The molecule has 3 rings (SSSR count). The predicted molar refractivity (Wildman–Crippen MR) is 77.7 cm³/mol. The molecule has 1 aliphatic heterocycles. The Balaban J connectivity index is 1.66. The van der Waals surface area contributed by atoms with E-state index in [1.165, 1.54) is 6.20 Å². The summed E-state index contributed by atoms with van der Waals surface area (Å²) in [6, 6.07) is 1.71. The number of ether oxygens (including phenoxy) is 1. The van der Waals surface area contributed by atoms with Crippen LogP contribution in [-0.2, 0) is 0 Å². The fourth-order valence-corrected chi connectivity index (χ4v) is 2.51. The molecular formula is C14H17N5O3. The van der Waals surface area contributed by atoms with E-state index in [2.05, 4.69) is 19.9 Å². The van der Waals surface area contributed by atoms with E-state index in [9.17, 15) is 9.59 Å². The summed E-state index contributed by atoms with van der Waals surface area (Å²) in [6.07, 6.45) is 4.63. The van der Waals surface area contributed by atoms with Crippen molar-refractivity contribution in [3.8, 4) is 5.88 Å². The number of aromatic nitrogens is 4. The third-order valence-electron chi connectivity index (χ3n) is 3.53. The van der Waals surface area contributed by atoms with Crippen LogP contribution in [0.25, 0.3) is 0 Å². The van der Waals surface area contributed by atoms with Gasteiger partial charge in [0.1, 0.15) is 17.6 Å². The molecule has 2 aromatic rings. The van der Waals surface area contributed by atoms with Crippen molar-refractivity contribution >= 4 is 5.91 Å². The van der Waals surface area contributed by atoms with Crippen LogP contribution in [0.15, 0.2) is 23.3 Å². The molecule has 1 fully saturated rings. The largest absolute Gasteiger partial charge is 0.472 e. The third-order valence-corrected chi connectivity index (χ3v) is 3.53. The van der Waals surface area contributed by atoms with Gasteiger partial charge in [-0.3, -0.25) is 4.79 Å². The van der Waals surface area contributed by atoms with Crippen molar-refractivity contribution in [2.45, 2.75) is 25.9 Å². The second-order valence-electron chi connectivity index (χ2n) is 5.23. The minimum atomic E-state index is -0.385. The summed E-state index contributed by atoms with van der Waals surface area (Å²) in [5, 5.41) is 0. The second kappa shape index (κ2) is 6.00. The first-order chi connectivity index (χ1) is 10.6. The van der Waals surface area contributed by atoms with E-state index in [1.54, 1.807) is 24.1 Å². The molecule has 116 valence electrons. The highest BCUT2D eigenvalue weighted by Gasteiger charge is 2.26. The van der Waals surface area contributed by atoms with Gasteiger partial charge in [-0.1, -0.05) is 0 Å². The molecule has 3 heterocycles. The van der Waals surface area contributed by atoms with Gasteiger partial charge in [-0.15, -0.1) is 0 Å². The van der Waals surface area contributed by atoms with Gasteiger partial charge in [-0.2, -0.15) is 4.98 Å². The summed E-state index contributed by atoms with van der Waals surface area (Å²) in [4.78, 5) is 38.3. The van der Waals surface area contributed by atoms with Crippen molar-refractivity contribution in [3.05, 3.63) is 40.5 Å². The van der Waals surface area contributed by atoms with Crippen LogP contribution in [0.1, 0.15) is 29.2 Å². The van der Waals surface area contributed by atoms with Gasteiger partial charge in [-0.05, 0) is 19.8 Å². The van der Waals surface area contributed by atoms with E-state index in [1.807, 2.05) is 0 Å². The molecule has 1 aliphatic rings. The number of carbonyl (C=O) groups is 1. The number of likely N-dealkylation sites (tertiary alicyclic amines) is 1. The van der Waals surface area contributed by atoms with Gasteiger partial charge in [0.2, 0.25) is 5.88 Å². The fourth-order valence-electron chi connectivity index (χ4n) is 2.51. The number of nitrogens with zero attached hydrogens (tertiary/aromatic N) is 3. The van der Waals surface area contributed by atoms with Gasteiger partial charge >= 0.3 is 5.69 Å². The number of H-pyrrole nitrogens is 2. The lowest BCUT2D eigenvalue weighted by Gasteiger charge is -2.32. The lowest BCUT2D eigenvalue weighted by molar-refractivity contribution is 0.0522. The Morgan fingerprint density at radius 2 is 2.36 bits per heavy atom. The van der Waals surface area contributed by atoms with E-state index < -0.39 is 0 Å². The average Bonchev–Trinajstić information content (AvgIpc) is 2.93. The molecule has 1 atom stereocenters. The van der Waals surface area contributed by atoms with Crippen molar-refractivity contribution in [1.29, 1.82) is 0 Å². The van der Waals surface area contributed by atoms with Gasteiger partial charge in [-0.25, -0.2) is 9.78 Å². The number of aryl methyl sites for hydroxylation is 1. The van der Waals surface area contributed by atoms with E-state index in [-0.39, 0.29) is 23.4 Å². The monoisotopic (exact) mass is 303 g/mol. The van der Waals surface area contributed by atoms with Crippen LogP contribution in [0.3, 0.4) is 0 Å². The number of carbonyl (C=O) groups excluding carboxylic acids is 1. The molecule has 2 N–H and O–H groups in total. The van der Waals surface area contributed by atoms with E-state index in [4.69, 9.17) is 4.74 Å². The summed E-state index contributed by atoms with van der Waals surface area (Å²) in [6.45, 7) is 2.91. The molecule has 8 heteroatoms. The zero-order chi connectivity index (χ0) is 15.5. The van der Waals surface area contributed by atoms with Gasteiger partial charge in [0, 0.05) is 25.0 Å². The SMILES string of the molecule is Cc1nccc(OC2CCCN(C(=O)c3c[nH]c(=O)[nH]3)C2)n1. The molecular weight excluding hydrogens is 286 g/mol. The molecule has 1 unspecified atom stereocenters. The van der Waals surface area contributed by atoms with Gasteiger partial charge in [0.25, 0.3) is 5.91 Å². The summed E-state index contributed by atoms with van der Waals surface area (Å²) in [5.41, 5.74) is -0.117. The normalized spacial score (nSPS) is 18.2. The molecule has 0 aromatic carbocycles. The smallest absolute Gasteiger partial charge is 0.323 e. The van der Waals surface area contributed by atoms with Crippen molar-refractivity contribution in [2.75, 3.05) is 13.1 Å². The zero-order valence-corrected chi connectivity index (χ0v) is 12.2. The number of amides is 1. The highest BCUT2D eigenvalue weighted by molar-refractivity contribution is 5.92. The first-order valence-corrected chi connectivity index (χ1v) is 7.15. The lowest BCUT2D eigenvalue weighted by Crippen LogP contribution is -2.44. The number of rotatable bonds is 3. The summed E-state index contributed by atoms with van der Waals surface area (Å²) >= 11 is 0. The van der Waals surface area contributed by atoms with Gasteiger partial charge < -0.3 is 19.6 Å². The van der Waals surface area contributed by atoms with Gasteiger partial charge in [0.05, 0.1) is 6.54 Å². The maximum atomic E-state index is 12.3. The van der Waals surface area contributed by atoms with Crippen LogP contribution in [-0.4, -0.2) is 49.9 Å². The zero-order valence-electron chi connectivity index (χ0n) is 12.2. The van der Waals surface area contributed by atoms with Crippen molar-refractivity contribution in [1.82, 2.24) is 24.8 Å². The Labute approximate surface area is 126 Å². The predicted octanol–water partition coefficient (Wildman–Crippen LogP) is 0.485. The number of aromatic amines is 2. The number of imidazole rings is 1. The van der Waals surface area contributed by atoms with Crippen LogP contribution in [0.2, 0.25) is 0 Å². The van der Waals surface area contributed by atoms with Crippen LogP contribution < -0.4 is 10.4 Å². The Morgan fingerprint density at radius 1 is 1.50 bits per heavy atom.